The molecule has 1 fully saturated rings. The SMILES string of the molecule is CC(C)NS(=O)(=O)[C@@H]1CCOC[C@@H]1Cc1cccc(F)c1. The smallest absolute Gasteiger partial charge is 0.215 e. The van der Waals surface area contributed by atoms with E-state index in [0.717, 1.165) is 5.56 Å². The number of benzene rings is 1. The van der Waals surface area contributed by atoms with Crippen LogP contribution in [0.3, 0.4) is 0 Å². The summed E-state index contributed by atoms with van der Waals surface area (Å²) in [4.78, 5) is 0. The molecule has 0 saturated carbocycles. The monoisotopic (exact) mass is 315 g/mol. The van der Waals surface area contributed by atoms with Gasteiger partial charge in [0.15, 0.2) is 0 Å². The standard InChI is InChI=1S/C15H22FNO3S/c1-11(2)17-21(18,19)15-6-7-20-10-13(15)8-12-4-3-5-14(16)9-12/h3-5,9,11,13,15,17H,6-8,10H2,1-2H3/t13-,15+/m0/s1. The van der Waals surface area contributed by atoms with Crippen molar-refractivity contribution in [1.82, 2.24) is 4.72 Å². The number of halogens is 1. The molecule has 0 spiro atoms. The number of hydrogen-bond acceptors (Lipinski definition) is 3. The van der Waals surface area contributed by atoms with E-state index in [4.69, 9.17) is 4.74 Å². The summed E-state index contributed by atoms with van der Waals surface area (Å²) in [5.74, 6) is -0.458. The highest BCUT2D eigenvalue weighted by atomic mass is 32.2. The zero-order valence-corrected chi connectivity index (χ0v) is 13.2. The van der Waals surface area contributed by atoms with E-state index in [-0.39, 0.29) is 17.8 Å². The average molecular weight is 315 g/mol. The Balaban J connectivity index is 2.16. The Bertz CT molecular complexity index is 574. The normalized spacial score (nSPS) is 23.4. The van der Waals surface area contributed by atoms with Crippen molar-refractivity contribution in [1.29, 1.82) is 0 Å². The molecular weight excluding hydrogens is 293 g/mol. The van der Waals surface area contributed by atoms with Crippen molar-refractivity contribution in [2.24, 2.45) is 5.92 Å². The van der Waals surface area contributed by atoms with Gasteiger partial charge in [0, 0.05) is 18.6 Å². The van der Waals surface area contributed by atoms with Crippen molar-refractivity contribution in [2.75, 3.05) is 13.2 Å². The van der Waals surface area contributed by atoms with Crippen LogP contribution in [0.5, 0.6) is 0 Å². The van der Waals surface area contributed by atoms with Crippen LogP contribution in [0.25, 0.3) is 0 Å². The van der Waals surface area contributed by atoms with E-state index in [1.165, 1.54) is 12.1 Å². The van der Waals surface area contributed by atoms with Gasteiger partial charge in [-0.2, -0.15) is 0 Å². The van der Waals surface area contributed by atoms with Crippen LogP contribution in [-0.2, 0) is 21.2 Å². The summed E-state index contributed by atoms with van der Waals surface area (Å²) >= 11 is 0. The molecule has 4 nitrogen and oxygen atoms in total. The summed E-state index contributed by atoms with van der Waals surface area (Å²) in [6.07, 6.45) is 0.976. The molecule has 2 rings (SSSR count). The maximum absolute atomic E-state index is 13.3. The molecule has 1 saturated heterocycles. The third-order valence-corrected chi connectivity index (χ3v) is 5.81. The largest absolute Gasteiger partial charge is 0.381 e. The summed E-state index contributed by atoms with van der Waals surface area (Å²) in [7, 11) is -3.39. The Morgan fingerprint density at radius 3 is 2.86 bits per heavy atom. The minimum Gasteiger partial charge on any atom is -0.381 e. The molecule has 0 aromatic heterocycles. The fourth-order valence-electron chi connectivity index (χ4n) is 2.76. The lowest BCUT2D eigenvalue weighted by Crippen LogP contribution is -2.46. The van der Waals surface area contributed by atoms with Crippen molar-refractivity contribution in [3.63, 3.8) is 0 Å². The third kappa shape index (κ3) is 4.49. The minimum absolute atomic E-state index is 0.132. The fraction of sp³-hybridized carbons (Fsp3) is 0.600. The molecule has 21 heavy (non-hydrogen) atoms. The Morgan fingerprint density at radius 1 is 1.43 bits per heavy atom. The summed E-state index contributed by atoms with van der Waals surface area (Å²) in [5, 5.41) is -0.489. The predicted molar refractivity (Wildman–Crippen MR) is 80.0 cm³/mol. The van der Waals surface area contributed by atoms with Crippen LogP contribution in [0, 0.1) is 11.7 Å². The van der Waals surface area contributed by atoms with Crippen LogP contribution in [0.1, 0.15) is 25.8 Å². The first-order valence-electron chi connectivity index (χ1n) is 7.22. The second kappa shape index (κ2) is 6.85. The van der Waals surface area contributed by atoms with E-state index in [2.05, 4.69) is 4.72 Å². The molecule has 0 radical (unpaired) electrons. The van der Waals surface area contributed by atoms with Gasteiger partial charge in [0.2, 0.25) is 10.0 Å². The topological polar surface area (TPSA) is 55.4 Å². The summed E-state index contributed by atoms with van der Waals surface area (Å²) in [5.41, 5.74) is 0.801. The summed E-state index contributed by atoms with van der Waals surface area (Å²) in [6, 6.07) is 6.16. The van der Waals surface area contributed by atoms with Gasteiger partial charge in [0.1, 0.15) is 5.82 Å². The molecular formula is C15H22FNO3S. The summed E-state index contributed by atoms with van der Waals surface area (Å²) in [6.45, 7) is 4.44. The van der Waals surface area contributed by atoms with Crippen molar-refractivity contribution in [3.05, 3.63) is 35.6 Å². The maximum atomic E-state index is 13.3. The molecule has 0 unspecified atom stereocenters. The Kier molecular flexibility index (Phi) is 5.35. The Labute approximate surface area is 125 Å². The first-order valence-corrected chi connectivity index (χ1v) is 8.76. The zero-order valence-electron chi connectivity index (χ0n) is 12.4. The van der Waals surface area contributed by atoms with Crippen LogP contribution >= 0.6 is 0 Å². The van der Waals surface area contributed by atoms with Gasteiger partial charge in [-0.1, -0.05) is 12.1 Å². The number of sulfonamides is 1. The Hall–Kier alpha value is -0.980. The molecule has 1 heterocycles. The average Bonchev–Trinajstić information content (AvgIpc) is 2.37. The maximum Gasteiger partial charge on any atom is 0.215 e. The van der Waals surface area contributed by atoms with Crippen molar-refractivity contribution >= 4 is 10.0 Å². The number of hydrogen-bond donors (Lipinski definition) is 1. The summed E-state index contributed by atoms with van der Waals surface area (Å²) < 4.78 is 46.2. The van der Waals surface area contributed by atoms with Gasteiger partial charge in [0.25, 0.3) is 0 Å². The molecule has 6 heteroatoms. The first-order chi connectivity index (χ1) is 9.88. The van der Waals surface area contributed by atoms with E-state index in [0.29, 0.717) is 26.1 Å². The molecule has 1 aliphatic rings. The lowest BCUT2D eigenvalue weighted by Gasteiger charge is -2.32. The van der Waals surface area contributed by atoms with Crippen molar-refractivity contribution < 1.29 is 17.5 Å². The first kappa shape index (κ1) is 16.4. The second-order valence-electron chi connectivity index (χ2n) is 5.81. The minimum atomic E-state index is -3.39. The Morgan fingerprint density at radius 2 is 2.19 bits per heavy atom. The molecule has 0 aliphatic carbocycles. The van der Waals surface area contributed by atoms with Gasteiger partial charge in [-0.05, 0) is 44.4 Å². The molecule has 1 aliphatic heterocycles. The molecule has 0 bridgehead atoms. The number of rotatable bonds is 5. The molecule has 2 atom stereocenters. The van der Waals surface area contributed by atoms with Gasteiger partial charge < -0.3 is 4.74 Å². The van der Waals surface area contributed by atoms with Gasteiger partial charge in [0.05, 0.1) is 11.9 Å². The number of ether oxygens (including phenoxy) is 1. The highest BCUT2D eigenvalue weighted by molar-refractivity contribution is 7.90. The number of nitrogens with one attached hydrogen (secondary N) is 1. The second-order valence-corrected chi connectivity index (χ2v) is 7.74. The van der Waals surface area contributed by atoms with Gasteiger partial charge in [-0.15, -0.1) is 0 Å². The molecule has 1 aromatic carbocycles. The molecule has 1 aromatic rings. The van der Waals surface area contributed by atoms with Gasteiger partial charge in [-0.3, -0.25) is 0 Å². The van der Waals surface area contributed by atoms with Crippen LogP contribution in [-0.4, -0.2) is 32.9 Å². The molecule has 118 valence electrons. The van der Waals surface area contributed by atoms with E-state index in [1.54, 1.807) is 19.9 Å². The quantitative estimate of drug-likeness (QED) is 0.905. The van der Waals surface area contributed by atoms with Gasteiger partial charge in [-0.25, -0.2) is 17.5 Å². The highest BCUT2D eigenvalue weighted by Gasteiger charge is 2.36. The van der Waals surface area contributed by atoms with Crippen LogP contribution in [0.4, 0.5) is 4.39 Å². The molecule has 0 amide bonds. The van der Waals surface area contributed by atoms with Crippen molar-refractivity contribution in [2.45, 2.75) is 38.0 Å². The highest BCUT2D eigenvalue weighted by Crippen LogP contribution is 2.25. The zero-order chi connectivity index (χ0) is 15.5. The lowest BCUT2D eigenvalue weighted by molar-refractivity contribution is 0.0569. The van der Waals surface area contributed by atoms with E-state index in [9.17, 15) is 12.8 Å². The van der Waals surface area contributed by atoms with E-state index < -0.39 is 15.3 Å². The lowest BCUT2D eigenvalue weighted by atomic mass is 9.93. The van der Waals surface area contributed by atoms with Crippen molar-refractivity contribution in [3.8, 4) is 0 Å². The van der Waals surface area contributed by atoms with E-state index in [1.807, 2.05) is 6.07 Å². The van der Waals surface area contributed by atoms with Crippen LogP contribution in [0.15, 0.2) is 24.3 Å². The van der Waals surface area contributed by atoms with E-state index >= 15 is 0 Å². The van der Waals surface area contributed by atoms with Crippen LogP contribution < -0.4 is 4.72 Å². The van der Waals surface area contributed by atoms with Crippen LogP contribution in [0.2, 0.25) is 0 Å². The van der Waals surface area contributed by atoms with Gasteiger partial charge >= 0.3 is 0 Å². The predicted octanol–water partition coefficient (Wildman–Crippen LogP) is 2.10. The third-order valence-electron chi connectivity index (χ3n) is 3.59. The molecule has 1 N–H and O–H groups in total. The fourth-order valence-corrected chi connectivity index (χ4v) is 4.68.